The highest BCUT2D eigenvalue weighted by Crippen LogP contribution is 2.31. The highest BCUT2D eigenvalue weighted by molar-refractivity contribution is 5.94. The van der Waals surface area contributed by atoms with E-state index in [1.807, 2.05) is 62.4 Å². The highest BCUT2D eigenvalue weighted by Gasteiger charge is 2.28. The van der Waals surface area contributed by atoms with Crippen LogP contribution in [0.25, 0.3) is 11.1 Å². The van der Waals surface area contributed by atoms with Gasteiger partial charge in [-0.25, -0.2) is 15.0 Å². The normalized spacial score (nSPS) is 19.3. The first kappa shape index (κ1) is 42.3. The minimum absolute atomic E-state index is 0.0208. The van der Waals surface area contributed by atoms with Crippen LogP contribution < -0.4 is 30.6 Å². The summed E-state index contributed by atoms with van der Waals surface area (Å²) in [6.45, 7) is 9.37. The molecule has 1 amide bonds. The summed E-state index contributed by atoms with van der Waals surface area (Å²) < 4.78 is 17.9. The SMILES string of the molecule is CC(=O)c1cc(N[C@@H](C)C(N)=O)nc(C2=CCC(Oc3ccc(C)cc3)CC2)n1.CC(=O)c1cc(O[C@H]2CNCC2=O)nc(C2=CCC(Oc3ccc(C)cc3)CC2)n1. The fourth-order valence-corrected chi connectivity index (χ4v) is 6.61. The quantitative estimate of drug-likeness (QED) is 0.129. The van der Waals surface area contributed by atoms with E-state index >= 15 is 0 Å². The summed E-state index contributed by atoms with van der Waals surface area (Å²) >= 11 is 0. The Bertz CT molecular complexity index is 2240. The molecule has 4 N–H and O–H groups in total. The average molecular weight is 802 g/mol. The predicted octanol–water partition coefficient (Wildman–Crippen LogP) is 6.21. The molecule has 0 bridgehead atoms. The summed E-state index contributed by atoms with van der Waals surface area (Å²) in [4.78, 5) is 64.8. The summed E-state index contributed by atoms with van der Waals surface area (Å²) in [7, 11) is 0. The maximum Gasteiger partial charge on any atom is 0.239 e. The number of hydrogen-bond donors (Lipinski definition) is 3. The summed E-state index contributed by atoms with van der Waals surface area (Å²) in [5.74, 6) is 2.50. The number of nitrogens with two attached hydrogens (primary N) is 1. The molecule has 4 aromatic rings. The maximum absolute atomic E-state index is 11.9. The molecule has 1 aliphatic heterocycles. The van der Waals surface area contributed by atoms with Crippen LogP contribution in [0.4, 0.5) is 5.82 Å². The van der Waals surface area contributed by atoms with Gasteiger partial charge in [0.15, 0.2) is 35.1 Å². The number of allylic oxidation sites excluding steroid dienone is 2. The third kappa shape index (κ3) is 11.9. The zero-order chi connectivity index (χ0) is 42.1. The molecule has 7 rings (SSSR count). The number of aryl methyl sites for hydroxylation is 2. The first-order valence-corrected chi connectivity index (χ1v) is 19.9. The van der Waals surface area contributed by atoms with Gasteiger partial charge in [0, 0.05) is 45.4 Å². The summed E-state index contributed by atoms with van der Waals surface area (Å²) in [5, 5.41) is 5.91. The minimum Gasteiger partial charge on any atom is -0.490 e. The van der Waals surface area contributed by atoms with Crippen molar-refractivity contribution >= 4 is 40.2 Å². The summed E-state index contributed by atoms with van der Waals surface area (Å²) in [5.41, 5.74) is 10.2. The van der Waals surface area contributed by atoms with Crippen molar-refractivity contribution < 1.29 is 33.4 Å². The number of aromatic nitrogens is 4. The third-order valence-corrected chi connectivity index (χ3v) is 10.1. The number of hydrogen-bond acceptors (Lipinski definition) is 13. The smallest absolute Gasteiger partial charge is 0.239 e. The molecule has 2 aliphatic carbocycles. The number of anilines is 1. The van der Waals surface area contributed by atoms with E-state index in [1.165, 1.54) is 37.1 Å². The third-order valence-electron chi connectivity index (χ3n) is 10.1. The number of ether oxygens (including phenoxy) is 3. The van der Waals surface area contributed by atoms with Gasteiger partial charge in [0.1, 0.15) is 47.0 Å². The Kier molecular flexibility index (Phi) is 14.0. The molecular formula is C45H51N7O7. The molecule has 0 radical (unpaired) electrons. The maximum atomic E-state index is 11.9. The number of carbonyl (C=O) groups is 4. The number of Topliss-reactive ketones (excluding diaryl/α,β-unsaturated/α-hetero) is 3. The van der Waals surface area contributed by atoms with Gasteiger partial charge in [0.25, 0.3) is 0 Å². The van der Waals surface area contributed by atoms with E-state index in [0.717, 1.165) is 61.2 Å². The van der Waals surface area contributed by atoms with Crippen molar-refractivity contribution in [3.8, 4) is 17.4 Å². The zero-order valence-corrected chi connectivity index (χ0v) is 34.1. The number of rotatable bonds is 13. The van der Waals surface area contributed by atoms with Gasteiger partial charge >= 0.3 is 0 Å². The molecular weight excluding hydrogens is 751 g/mol. The molecule has 1 fully saturated rings. The van der Waals surface area contributed by atoms with Crippen LogP contribution in [0.5, 0.6) is 17.4 Å². The Labute approximate surface area is 344 Å². The molecule has 0 spiro atoms. The molecule has 2 unspecified atom stereocenters. The van der Waals surface area contributed by atoms with Gasteiger partial charge in [0.2, 0.25) is 11.8 Å². The number of nitrogens with zero attached hydrogens (tertiary/aromatic N) is 4. The monoisotopic (exact) mass is 801 g/mol. The van der Waals surface area contributed by atoms with Crippen LogP contribution in [-0.2, 0) is 9.59 Å². The second-order valence-corrected chi connectivity index (χ2v) is 15.1. The molecule has 14 nitrogen and oxygen atoms in total. The Morgan fingerprint density at radius 2 is 1.25 bits per heavy atom. The number of ketones is 3. The molecule has 2 aromatic carbocycles. The van der Waals surface area contributed by atoms with Crippen LogP contribution in [0.2, 0.25) is 0 Å². The van der Waals surface area contributed by atoms with Crippen molar-refractivity contribution in [3.05, 3.63) is 107 Å². The topological polar surface area (TPSA) is 198 Å². The lowest BCUT2D eigenvalue weighted by Crippen LogP contribution is -2.33. The Morgan fingerprint density at radius 3 is 1.69 bits per heavy atom. The van der Waals surface area contributed by atoms with Gasteiger partial charge in [-0.3, -0.25) is 19.2 Å². The van der Waals surface area contributed by atoms with Crippen molar-refractivity contribution in [1.82, 2.24) is 25.3 Å². The Morgan fingerprint density at radius 1 is 0.746 bits per heavy atom. The van der Waals surface area contributed by atoms with E-state index in [-0.39, 0.29) is 47.7 Å². The van der Waals surface area contributed by atoms with Crippen molar-refractivity contribution in [1.29, 1.82) is 0 Å². The van der Waals surface area contributed by atoms with Crippen LogP contribution in [0.1, 0.15) is 103 Å². The number of carbonyl (C=O) groups excluding carboxylic acids is 4. The molecule has 2 aromatic heterocycles. The molecule has 59 heavy (non-hydrogen) atoms. The van der Waals surface area contributed by atoms with Gasteiger partial charge < -0.3 is 30.6 Å². The largest absolute Gasteiger partial charge is 0.490 e. The van der Waals surface area contributed by atoms with Crippen LogP contribution in [-0.4, -0.2) is 80.6 Å². The highest BCUT2D eigenvalue weighted by atomic mass is 16.5. The van der Waals surface area contributed by atoms with E-state index in [1.54, 1.807) is 6.92 Å². The van der Waals surface area contributed by atoms with Crippen LogP contribution in [0, 0.1) is 13.8 Å². The van der Waals surface area contributed by atoms with E-state index in [9.17, 15) is 19.2 Å². The van der Waals surface area contributed by atoms with Crippen molar-refractivity contribution in [2.45, 2.75) is 97.5 Å². The van der Waals surface area contributed by atoms with E-state index in [4.69, 9.17) is 19.9 Å². The lowest BCUT2D eigenvalue weighted by atomic mass is 9.96. The first-order valence-electron chi connectivity index (χ1n) is 19.9. The predicted molar refractivity (Wildman–Crippen MR) is 223 cm³/mol. The van der Waals surface area contributed by atoms with Crippen LogP contribution >= 0.6 is 0 Å². The number of nitrogens with one attached hydrogen (secondary N) is 2. The van der Waals surface area contributed by atoms with E-state index in [0.29, 0.717) is 29.7 Å². The van der Waals surface area contributed by atoms with Gasteiger partial charge in [0.05, 0.1) is 6.54 Å². The second-order valence-electron chi connectivity index (χ2n) is 15.1. The van der Waals surface area contributed by atoms with Gasteiger partial charge in [-0.15, -0.1) is 0 Å². The summed E-state index contributed by atoms with van der Waals surface area (Å²) in [6.07, 6.45) is 8.31. The fourth-order valence-electron chi connectivity index (χ4n) is 6.61. The minimum atomic E-state index is -0.606. The second kappa shape index (κ2) is 19.4. The van der Waals surface area contributed by atoms with Crippen molar-refractivity contribution in [2.75, 3.05) is 18.4 Å². The summed E-state index contributed by atoms with van der Waals surface area (Å²) in [6, 6.07) is 18.5. The number of amides is 1. The van der Waals surface area contributed by atoms with Gasteiger partial charge in [-0.2, -0.15) is 4.98 Å². The molecule has 3 aliphatic rings. The number of primary amides is 1. The molecule has 3 heterocycles. The fraction of sp³-hybridized carbons (Fsp3) is 0.378. The lowest BCUT2D eigenvalue weighted by molar-refractivity contribution is -0.122. The van der Waals surface area contributed by atoms with E-state index in [2.05, 4.69) is 42.7 Å². The molecule has 4 atom stereocenters. The van der Waals surface area contributed by atoms with Crippen LogP contribution in [0.3, 0.4) is 0 Å². The van der Waals surface area contributed by atoms with Gasteiger partial charge in [-0.1, -0.05) is 47.5 Å². The Balaban J connectivity index is 0.000000199. The zero-order valence-electron chi connectivity index (χ0n) is 34.1. The van der Waals surface area contributed by atoms with E-state index < -0.39 is 18.1 Å². The molecule has 0 saturated carbocycles. The number of benzene rings is 2. The average Bonchev–Trinajstić information content (AvgIpc) is 3.63. The Hall–Kier alpha value is -6.28. The van der Waals surface area contributed by atoms with Crippen molar-refractivity contribution in [3.63, 3.8) is 0 Å². The molecule has 14 heteroatoms. The standard InChI is InChI=1S/C23H25N3O4.C22H26N4O3/c1-14-3-7-17(8-4-14)29-18-9-5-16(6-10-18)23-25-19(15(2)27)11-22(26-23)30-21-13-24-12-20(21)28;1-13-4-8-17(9-5-13)29-18-10-6-16(7-11-18)22-25-19(15(3)27)12-20(26-22)24-14(2)21(23)28/h3-5,7-8,11,18,21,24H,6,9-10,12-13H2,1-2H3;4-6,8-9,12,14,18H,7,10-11H2,1-3H3,(H2,23,28)(H,24,25,26)/t18?,21-;14-,18?/m00/s1. The van der Waals surface area contributed by atoms with Crippen LogP contribution in [0.15, 0.2) is 72.8 Å². The van der Waals surface area contributed by atoms with Gasteiger partial charge in [-0.05, 0) is 81.9 Å². The molecule has 308 valence electrons. The lowest BCUT2D eigenvalue weighted by Gasteiger charge is -2.23. The molecule has 1 saturated heterocycles. The first-order chi connectivity index (χ1) is 28.3. The van der Waals surface area contributed by atoms with Crippen molar-refractivity contribution in [2.24, 2.45) is 5.73 Å².